The van der Waals surface area contributed by atoms with E-state index in [1.165, 1.54) is 11.8 Å². The number of carbonyl (C=O) groups is 1. The summed E-state index contributed by atoms with van der Waals surface area (Å²) in [6, 6.07) is 0. The summed E-state index contributed by atoms with van der Waals surface area (Å²) in [6.07, 6.45) is 3.32. The number of imidazole rings is 1. The van der Waals surface area contributed by atoms with Gasteiger partial charge in [-0.15, -0.1) is 5.10 Å². The molecule has 0 radical (unpaired) electrons. The molecule has 0 aromatic carbocycles. The first-order chi connectivity index (χ1) is 8.22. The Morgan fingerprint density at radius 3 is 3.18 bits per heavy atom. The second kappa shape index (κ2) is 5.13. The molecule has 2 rings (SSSR count). The molecule has 2 heterocycles. The molecule has 0 aliphatic rings. The molecule has 0 saturated heterocycles. The number of nitrogens with zero attached hydrogens (tertiary/aromatic N) is 4. The third-order valence-electron chi connectivity index (χ3n) is 2.15. The van der Waals surface area contributed by atoms with E-state index in [2.05, 4.69) is 15.2 Å². The van der Waals surface area contributed by atoms with Gasteiger partial charge >= 0.3 is 5.97 Å². The van der Waals surface area contributed by atoms with Crippen LogP contribution in [0.4, 0.5) is 0 Å². The highest BCUT2D eigenvalue weighted by atomic mass is 32.2. The van der Waals surface area contributed by atoms with Crippen molar-refractivity contribution in [1.82, 2.24) is 19.6 Å². The van der Waals surface area contributed by atoms with E-state index >= 15 is 0 Å². The van der Waals surface area contributed by atoms with Gasteiger partial charge in [0.2, 0.25) is 0 Å². The van der Waals surface area contributed by atoms with Crippen LogP contribution in [0.2, 0.25) is 0 Å². The fourth-order valence-corrected chi connectivity index (χ4v) is 2.08. The molecule has 0 spiro atoms. The normalized spacial score (nSPS) is 10.7. The van der Waals surface area contributed by atoms with E-state index in [1.54, 1.807) is 19.4 Å². The maximum Gasteiger partial charge on any atom is 0.316 e. The predicted molar refractivity (Wildman–Crippen MR) is 62.9 cm³/mol. The molecule has 2 aromatic heterocycles. The number of carbonyl (C=O) groups excluding carboxylic acids is 1. The standard InChI is InChI=1S/C10H12N4O2S/c1-3-16-9(15)5-17-10-13-12-4-8-7(2)11-6-14(8)10/h4,6H,3,5H2,1-2H3. The van der Waals surface area contributed by atoms with Crippen LogP contribution in [0.25, 0.3) is 5.52 Å². The molecular formula is C10H12N4O2S. The Hall–Kier alpha value is -1.63. The second-order valence-corrected chi connectivity index (χ2v) is 4.25. The molecule has 0 atom stereocenters. The van der Waals surface area contributed by atoms with Crippen LogP contribution in [0.5, 0.6) is 0 Å². The van der Waals surface area contributed by atoms with Crippen LogP contribution in [0.15, 0.2) is 17.7 Å². The van der Waals surface area contributed by atoms with E-state index in [1.807, 2.05) is 11.3 Å². The third kappa shape index (κ3) is 2.55. The van der Waals surface area contributed by atoms with Crippen molar-refractivity contribution in [2.45, 2.75) is 19.0 Å². The number of aromatic nitrogens is 4. The number of rotatable bonds is 4. The Labute approximate surface area is 102 Å². The first-order valence-corrected chi connectivity index (χ1v) is 6.14. The number of fused-ring (bicyclic) bond motifs is 1. The highest BCUT2D eigenvalue weighted by Crippen LogP contribution is 2.17. The molecule has 0 N–H and O–H groups in total. The fourth-order valence-electron chi connectivity index (χ4n) is 1.36. The molecule has 17 heavy (non-hydrogen) atoms. The number of hydrogen-bond donors (Lipinski definition) is 0. The Balaban J connectivity index is 2.16. The lowest BCUT2D eigenvalue weighted by Gasteiger charge is -2.03. The van der Waals surface area contributed by atoms with Gasteiger partial charge in [0.15, 0.2) is 5.16 Å². The first-order valence-electron chi connectivity index (χ1n) is 5.16. The smallest absolute Gasteiger partial charge is 0.316 e. The molecule has 90 valence electrons. The Morgan fingerprint density at radius 2 is 2.41 bits per heavy atom. The highest BCUT2D eigenvalue weighted by Gasteiger charge is 2.09. The summed E-state index contributed by atoms with van der Waals surface area (Å²) >= 11 is 1.29. The number of esters is 1. The highest BCUT2D eigenvalue weighted by molar-refractivity contribution is 7.99. The third-order valence-corrected chi connectivity index (χ3v) is 3.07. The van der Waals surface area contributed by atoms with Crippen LogP contribution >= 0.6 is 11.8 Å². The van der Waals surface area contributed by atoms with Crippen molar-refractivity contribution in [2.75, 3.05) is 12.4 Å². The van der Waals surface area contributed by atoms with Crippen LogP contribution in [0, 0.1) is 6.92 Å². The minimum atomic E-state index is -0.256. The van der Waals surface area contributed by atoms with Crippen molar-refractivity contribution < 1.29 is 9.53 Å². The summed E-state index contributed by atoms with van der Waals surface area (Å²) < 4.78 is 6.66. The lowest BCUT2D eigenvalue weighted by atomic mass is 10.4. The maximum absolute atomic E-state index is 11.2. The van der Waals surface area contributed by atoms with Gasteiger partial charge in [0, 0.05) is 0 Å². The van der Waals surface area contributed by atoms with Gasteiger partial charge in [-0.1, -0.05) is 11.8 Å². The minimum absolute atomic E-state index is 0.221. The molecule has 0 bridgehead atoms. The summed E-state index contributed by atoms with van der Waals surface area (Å²) in [5, 5.41) is 8.50. The van der Waals surface area contributed by atoms with E-state index < -0.39 is 0 Å². The Kier molecular flexibility index (Phi) is 3.58. The Morgan fingerprint density at radius 1 is 1.59 bits per heavy atom. The zero-order valence-corrected chi connectivity index (χ0v) is 10.4. The predicted octanol–water partition coefficient (Wildman–Crippen LogP) is 1.09. The zero-order chi connectivity index (χ0) is 12.3. The molecule has 0 amide bonds. The number of thioether (sulfide) groups is 1. The number of aryl methyl sites for hydroxylation is 1. The second-order valence-electron chi connectivity index (χ2n) is 3.31. The Bertz CT molecular complexity index is 540. The number of hydrogen-bond acceptors (Lipinski definition) is 6. The van der Waals surface area contributed by atoms with Crippen molar-refractivity contribution in [3.8, 4) is 0 Å². The minimum Gasteiger partial charge on any atom is -0.465 e. The van der Waals surface area contributed by atoms with Crippen molar-refractivity contribution in [1.29, 1.82) is 0 Å². The van der Waals surface area contributed by atoms with Crippen molar-refractivity contribution in [2.24, 2.45) is 0 Å². The summed E-state index contributed by atoms with van der Waals surface area (Å²) in [5.74, 6) is -0.0353. The van der Waals surface area contributed by atoms with Gasteiger partial charge in [-0.2, -0.15) is 5.10 Å². The van der Waals surface area contributed by atoms with Gasteiger partial charge in [-0.25, -0.2) is 4.98 Å². The van der Waals surface area contributed by atoms with Crippen LogP contribution in [-0.4, -0.2) is 37.9 Å². The van der Waals surface area contributed by atoms with Gasteiger partial charge < -0.3 is 4.74 Å². The van der Waals surface area contributed by atoms with Crippen LogP contribution in [0.1, 0.15) is 12.6 Å². The summed E-state index contributed by atoms with van der Waals surface area (Å²) in [4.78, 5) is 15.4. The van der Waals surface area contributed by atoms with Crippen LogP contribution < -0.4 is 0 Å². The lowest BCUT2D eigenvalue weighted by molar-refractivity contribution is -0.139. The summed E-state index contributed by atoms with van der Waals surface area (Å²) in [5.41, 5.74) is 1.78. The number of ether oxygens (including phenoxy) is 1. The summed E-state index contributed by atoms with van der Waals surface area (Å²) in [7, 11) is 0. The fraction of sp³-hybridized carbons (Fsp3) is 0.400. The largest absolute Gasteiger partial charge is 0.465 e. The van der Waals surface area contributed by atoms with Gasteiger partial charge in [-0.3, -0.25) is 9.20 Å². The van der Waals surface area contributed by atoms with Gasteiger partial charge in [0.05, 0.1) is 29.8 Å². The van der Waals surface area contributed by atoms with E-state index in [4.69, 9.17) is 4.74 Å². The first kappa shape index (κ1) is 11.8. The van der Waals surface area contributed by atoms with Crippen LogP contribution in [0.3, 0.4) is 0 Å². The van der Waals surface area contributed by atoms with E-state index in [-0.39, 0.29) is 11.7 Å². The van der Waals surface area contributed by atoms with E-state index in [9.17, 15) is 4.79 Å². The quantitative estimate of drug-likeness (QED) is 0.599. The molecule has 0 aliphatic carbocycles. The van der Waals surface area contributed by atoms with Gasteiger partial charge in [0.1, 0.15) is 6.33 Å². The van der Waals surface area contributed by atoms with Crippen molar-refractivity contribution in [3.05, 3.63) is 18.2 Å². The molecule has 0 aliphatic heterocycles. The van der Waals surface area contributed by atoms with E-state index in [0.29, 0.717) is 11.8 Å². The molecule has 6 nitrogen and oxygen atoms in total. The van der Waals surface area contributed by atoms with E-state index in [0.717, 1.165) is 11.2 Å². The summed E-state index contributed by atoms with van der Waals surface area (Å²) in [6.45, 7) is 4.07. The monoisotopic (exact) mass is 252 g/mol. The van der Waals surface area contributed by atoms with Gasteiger partial charge in [0.25, 0.3) is 0 Å². The topological polar surface area (TPSA) is 69.4 Å². The molecule has 0 saturated carbocycles. The maximum atomic E-state index is 11.2. The SMILES string of the molecule is CCOC(=O)CSc1nncc2c(C)ncn12. The molecule has 0 fully saturated rings. The zero-order valence-electron chi connectivity index (χ0n) is 9.58. The average Bonchev–Trinajstić information content (AvgIpc) is 2.70. The van der Waals surface area contributed by atoms with Crippen molar-refractivity contribution in [3.63, 3.8) is 0 Å². The molecule has 7 heteroatoms. The van der Waals surface area contributed by atoms with Crippen molar-refractivity contribution >= 4 is 23.2 Å². The lowest BCUT2D eigenvalue weighted by Crippen LogP contribution is -2.08. The molecular weight excluding hydrogens is 240 g/mol. The molecule has 2 aromatic rings. The van der Waals surface area contributed by atoms with Gasteiger partial charge in [-0.05, 0) is 13.8 Å². The van der Waals surface area contributed by atoms with Crippen LogP contribution in [-0.2, 0) is 9.53 Å². The molecule has 0 unspecified atom stereocenters. The average molecular weight is 252 g/mol.